The third-order valence-electron chi connectivity index (χ3n) is 6.36. The first-order chi connectivity index (χ1) is 13.7. The van der Waals surface area contributed by atoms with E-state index in [1.54, 1.807) is 0 Å². The largest absolute Gasteiger partial charge is 0.378 e. The van der Waals surface area contributed by atoms with Crippen molar-refractivity contribution in [1.82, 2.24) is 4.90 Å². The highest BCUT2D eigenvalue weighted by Crippen LogP contribution is 2.50. The van der Waals surface area contributed by atoms with Gasteiger partial charge in [-0.05, 0) is 36.5 Å². The normalized spacial score (nSPS) is 25.8. The third-order valence-corrected chi connectivity index (χ3v) is 6.36. The van der Waals surface area contributed by atoms with E-state index in [4.69, 9.17) is 4.74 Å². The standard InChI is InChI=1S/C24H26N2O2/c1-16-8-10-17(11-9-16)22-19-5-2-4-18(19)20-6-3-7-21(23(20)25-22)24(27)26-12-14-28-15-13-26/h2-4,6-11,18-19,22,25H,5,12-15H2,1H3. The van der Waals surface area contributed by atoms with Gasteiger partial charge in [-0.15, -0.1) is 0 Å². The maximum Gasteiger partial charge on any atom is 0.256 e. The molecule has 1 amide bonds. The van der Waals surface area contributed by atoms with E-state index in [0.717, 1.165) is 17.7 Å². The van der Waals surface area contributed by atoms with Gasteiger partial charge in [-0.3, -0.25) is 4.79 Å². The van der Waals surface area contributed by atoms with E-state index in [0.29, 0.717) is 38.1 Å². The Morgan fingerprint density at radius 3 is 2.68 bits per heavy atom. The molecule has 2 aromatic carbocycles. The van der Waals surface area contributed by atoms with Crippen LogP contribution in [0.5, 0.6) is 0 Å². The lowest BCUT2D eigenvalue weighted by Gasteiger charge is -2.39. The van der Waals surface area contributed by atoms with Gasteiger partial charge < -0.3 is 15.0 Å². The van der Waals surface area contributed by atoms with Gasteiger partial charge in [-0.1, -0.05) is 54.1 Å². The molecule has 0 radical (unpaired) electrons. The Kier molecular flexibility index (Phi) is 4.44. The molecule has 0 bridgehead atoms. The summed E-state index contributed by atoms with van der Waals surface area (Å²) in [4.78, 5) is 15.2. The van der Waals surface area contributed by atoms with Crippen LogP contribution in [0.3, 0.4) is 0 Å². The molecule has 5 rings (SSSR count). The zero-order chi connectivity index (χ0) is 19.1. The van der Waals surface area contributed by atoms with Crippen molar-refractivity contribution >= 4 is 11.6 Å². The first kappa shape index (κ1) is 17.5. The number of para-hydroxylation sites is 1. The van der Waals surface area contributed by atoms with Crippen LogP contribution in [0.4, 0.5) is 5.69 Å². The first-order valence-corrected chi connectivity index (χ1v) is 10.2. The number of nitrogens with one attached hydrogen (secondary N) is 1. The van der Waals surface area contributed by atoms with Crippen LogP contribution in [-0.4, -0.2) is 37.1 Å². The minimum Gasteiger partial charge on any atom is -0.378 e. The SMILES string of the molecule is Cc1ccc(C2Nc3c(C(=O)N4CCOCC4)cccc3C3C=CCC32)cc1. The number of benzene rings is 2. The summed E-state index contributed by atoms with van der Waals surface area (Å²) in [5, 5.41) is 3.77. The summed E-state index contributed by atoms with van der Waals surface area (Å²) in [6.45, 7) is 4.68. The number of anilines is 1. The molecule has 3 aliphatic rings. The van der Waals surface area contributed by atoms with Gasteiger partial charge in [0.25, 0.3) is 5.91 Å². The monoisotopic (exact) mass is 374 g/mol. The van der Waals surface area contributed by atoms with Gasteiger partial charge in [0.05, 0.1) is 30.5 Å². The van der Waals surface area contributed by atoms with Crippen LogP contribution in [0, 0.1) is 12.8 Å². The van der Waals surface area contributed by atoms with Crippen LogP contribution in [-0.2, 0) is 4.74 Å². The van der Waals surface area contributed by atoms with Gasteiger partial charge >= 0.3 is 0 Å². The van der Waals surface area contributed by atoms with E-state index < -0.39 is 0 Å². The van der Waals surface area contributed by atoms with Crippen LogP contribution in [0.1, 0.15) is 45.4 Å². The summed E-state index contributed by atoms with van der Waals surface area (Å²) >= 11 is 0. The average Bonchev–Trinajstić information content (AvgIpc) is 3.24. The van der Waals surface area contributed by atoms with Crippen molar-refractivity contribution < 1.29 is 9.53 Å². The highest BCUT2D eigenvalue weighted by atomic mass is 16.5. The van der Waals surface area contributed by atoms with Crippen LogP contribution in [0.15, 0.2) is 54.6 Å². The first-order valence-electron chi connectivity index (χ1n) is 10.2. The molecule has 0 saturated carbocycles. The van der Waals surface area contributed by atoms with E-state index in [1.165, 1.54) is 16.7 Å². The smallest absolute Gasteiger partial charge is 0.256 e. The Bertz CT molecular complexity index is 913. The lowest BCUT2D eigenvalue weighted by molar-refractivity contribution is 0.0303. The number of carbonyl (C=O) groups excluding carboxylic acids is 1. The number of hydrogen-bond donors (Lipinski definition) is 1. The second-order valence-corrected chi connectivity index (χ2v) is 8.06. The molecule has 4 nitrogen and oxygen atoms in total. The second-order valence-electron chi connectivity index (χ2n) is 8.06. The van der Waals surface area contributed by atoms with Crippen molar-refractivity contribution in [3.8, 4) is 0 Å². The van der Waals surface area contributed by atoms with Crippen molar-refractivity contribution in [3.05, 3.63) is 76.9 Å². The summed E-state index contributed by atoms with van der Waals surface area (Å²) in [7, 11) is 0. The number of rotatable bonds is 2. The average molecular weight is 374 g/mol. The molecule has 1 fully saturated rings. The number of allylic oxidation sites excluding steroid dienone is 2. The molecule has 2 heterocycles. The van der Waals surface area contributed by atoms with E-state index in [-0.39, 0.29) is 11.9 Å². The van der Waals surface area contributed by atoms with Gasteiger partial charge in [-0.25, -0.2) is 0 Å². The van der Waals surface area contributed by atoms with Crippen LogP contribution in [0.25, 0.3) is 0 Å². The fourth-order valence-electron chi connectivity index (χ4n) is 4.84. The number of carbonyl (C=O) groups is 1. The highest BCUT2D eigenvalue weighted by molar-refractivity contribution is 6.01. The number of nitrogens with zero attached hydrogens (tertiary/aromatic N) is 1. The van der Waals surface area contributed by atoms with Crippen molar-refractivity contribution in [2.75, 3.05) is 31.6 Å². The van der Waals surface area contributed by atoms with Gasteiger partial charge in [0, 0.05) is 19.0 Å². The quantitative estimate of drug-likeness (QED) is 0.797. The van der Waals surface area contributed by atoms with Gasteiger partial charge in [-0.2, -0.15) is 0 Å². The number of amides is 1. The Hall–Kier alpha value is -2.59. The van der Waals surface area contributed by atoms with E-state index in [1.807, 2.05) is 17.0 Å². The molecule has 2 aliphatic heterocycles. The lowest BCUT2D eigenvalue weighted by atomic mass is 9.76. The van der Waals surface area contributed by atoms with Crippen molar-refractivity contribution in [2.24, 2.45) is 5.92 Å². The molecular formula is C24H26N2O2. The molecule has 1 aliphatic carbocycles. The fraction of sp³-hybridized carbons (Fsp3) is 0.375. The summed E-state index contributed by atoms with van der Waals surface area (Å²) in [5.74, 6) is 0.958. The molecule has 2 aromatic rings. The zero-order valence-electron chi connectivity index (χ0n) is 16.2. The molecule has 3 atom stereocenters. The molecule has 28 heavy (non-hydrogen) atoms. The Balaban J connectivity index is 1.55. The number of aryl methyl sites for hydroxylation is 1. The van der Waals surface area contributed by atoms with E-state index >= 15 is 0 Å². The molecule has 4 heteroatoms. The molecule has 144 valence electrons. The molecule has 1 N–H and O–H groups in total. The fourth-order valence-corrected chi connectivity index (χ4v) is 4.84. The predicted molar refractivity (Wildman–Crippen MR) is 111 cm³/mol. The molecule has 0 aromatic heterocycles. The molecule has 0 spiro atoms. The third kappa shape index (κ3) is 2.92. The topological polar surface area (TPSA) is 41.6 Å². The second kappa shape index (κ2) is 7.10. The number of ether oxygens (including phenoxy) is 1. The minimum atomic E-state index is 0.107. The van der Waals surface area contributed by atoms with Crippen LogP contribution >= 0.6 is 0 Å². The predicted octanol–water partition coefficient (Wildman–Crippen LogP) is 4.29. The summed E-state index contributed by atoms with van der Waals surface area (Å²) in [6, 6.07) is 15.2. The maximum atomic E-state index is 13.3. The maximum absolute atomic E-state index is 13.3. The van der Waals surface area contributed by atoms with Gasteiger partial charge in [0.15, 0.2) is 0 Å². The Morgan fingerprint density at radius 2 is 1.89 bits per heavy atom. The van der Waals surface area contributed by atoms with Crippen molar-refractivity contribution in [1.29, 1.82) is 0 Å². The van der Waals surface area contributed by atoms with Crippen LogP contribution < -0.4 is 5.32 Å². The highest BCUT2D eigenvalue weighted by Gasteiger charge is 2.39. The molecule has 1 saturated heterocycles. The zero-order valence-corrected chi connectivity index (χ0v) is 16.2. The van der Waals surface area contributed by atoms with E-state index in [2.05, 4.69) is 54.7 Å². The summed E-state index contributed by atoms with van der Waals surface area (Å²) in [5.41, 5.74) is 5.61. The van der Waals surface area contributed by atoms with Gasteiger partial charge in [0.1, 0.15) is 0 Å². The summed E-state index contributed by atoms with van der Waals surface area (Å²) in [6.07, 6.45) is 5.69. The Morgan fingerprint density at radius 1 is 1.11 bits per heavy atom. The van der Waals surface area contributed by atoms with Crippen molar-refractivity contribution in [2.45, 2.75) is 25.3 Å². The van der Waals surface area contributed by atoms with Crippen LogP contribution in [0.2, 0.25) is 0 Å². The molecule has 3 unspecified atom stereocenters. The van der Waals surface area contributed by atoms with Gasteiger partial charge in [0.2, 0.25) is 0 Å². The molecular weight excluding hydrogens is 348 g/mol. The van der Waals surface area contributed by atoms with E-state index in [9.17, 15) is 4.79 Å². The lowest BCUT2D eigenvalue weighted by Crippen LogP contribution is -2.41. The number of morpholine rings is 1. The summed E-state index contributed by atoms with van der Waals surface area (Å²) < 4.78 is 5.42. The number of hydrogen-bond acceptors (Lipinski definition) is 3. The number of fused-ring (bicyclic) bond motifs is 3. The Labute approximate surface area is 166 Å². The minimum absolute atomic E-state index is 0.107. The van der Waals surface area contributed by atoms with Crippen molar-refractivity contribution in [3.63, 3.8) is 0 Å².